The molecule has 1 rings (SSSR count). The van der Waals surface area contributed by atoms with Crippen LogP contribution in [0.1, 0.15) is 40.5 Å². The fourth-order valence-corrected chi connectivity index (χ4v) is 1.73. The van der Waals surface area contributed by atoms with Crippen molar-refractivity contribution >= 4 is 5.91 Å². The van der Waals surface area contributed by atoms with E-state index in [1.54, 1.807) is 4.90 Å². The summed E-state index contributed by atoms with van der Waals surface area (Å²) in [4.78, 5) is 12.8. The van der Waals surface area contributed by atoms with Crippen LogP contribution in [-0.2, 0) is 9.53 Å². The van der Waals surface area contributed by atoms with Crippen LogP contribution in [-0.4, -0.2) is 47.8 Å². The van der Waals surface area contributed by atoms with E-state index in [0.29, 0.717) is 13.1 Å². The maximum atomic E-state index is 11.1. The lowest BCUT2D eigenvalue weighted by Gasteiger charge is -2.32. The van der Waals surface area contributed by atoms with Crippen molar-refractivity contribution in [3.63, 3.8) is 0 Å². The van der Waals surface area contributed by atoms with Gasteiger partial charge in [0.15, 0.2) is 0 Å². The number of aliphatic hydroxyl groups is 1. The van der Waals surface area contributed by atoms with Crippen LogP contribution in [0.3, 0.4) is 0 Å². The third-order valence-corrected chi connectivity index (χ3v) is 2.39. The van der Waals surface area contributed by atoms with Crippen LogP contribution in [0.25, 0.3) is 0 Å². The lowest BCUT2D eigenvalue weighted by Crippen LogP contribution is -2.42. The number of piperidine rings is 1. The molecule has 16 heavy (non-hydrogen) atoms. The number of hydrogen-bond acceptors (Lipinski definition) is 3. The average Bonchev–Trinajstić information content (AvgIpc) is 2.31. The normalized spacial score (nSPS) is 17.0. The first-order valence-electron chi connectivity index (χ1n) is 6.17. The van der Waals surface area contributed by atoms with E-state index in [1.165, 1.54) is 0 Å². The van der Waals surface area contributed by atoms with E-state index in [0.717, 1.165) is 12.8 Å². The van der Waals surface area contributed by atoms with Crippen molar-refractivity contribution in [1.82, 2.24) is 4.90 Å². The summed E-state index contributed by atoms with van der Waals surface area (Å²) in [5, 5.41) is 8.68. The van der Waals surface area contributed by atoms with Gasteiger partial charge in [0.1, 0.15) is 6.61 Å². The predicted molar refractivity (Wildman–Crippen MR) is 64.3 cm³/mol. The molecule has 1 fully saturated rings. The number of nitrogens with zero attached hydrogens (tertiary/aromatic N) is 1. The number of aliphatic hydroxyl groups excluding tert-OH is 1. The molecule has 0 aliphatic carbocycles. The van der Waals surface area contributed by atoms with Gasteiger partial charge in [-0.2, -0.15) is 0 Å². The van der Waals surface area contributed by atoms with Gasteiger partial charge in [0, 0.05) is 13.1 Å². The standard InChI is InChI=1S/C10H19NO3.C2H6/c1-8(2)14-9-3-5-11(6-4-9)10(13)7-12;1-2/h8-9,12H,3-7H2,1-2H3;1-2H3. The van der Waals surface area contributed by atoms with Crippen molar-refractivity contribution in [3.05, 3.63) is 0 Å². The van der Waals surface area contributed by atoms with Crippen molar-refractivity contribution in [3.8, 4) is 0 Å². The fourth-order valence-electron chi connectivity index (χ4n) is 1.73. The van der Waals surface area contributed by atoms with E-state index in [1.807, 2.05) is 27.7 Å². The minimum absolute atomic E-state index is 0.173. The molecule has 0 spiro atoms. The van der Waals surface area contributed by atoms with E-state index in [-0.39, 0.29) is 24.7 Å². The smallest absolute Gasteiger partial charge is 0.248 e. The summed E-state index contributed by atoms with van der Waals surface area (Å²) in [7, 11) is 0. The summed E-state index contributed by atoms with van der Waals surface area (Å²) < 4.78 is 5.65. The zero-order valence-electron chi connectivity index (χ0n) is 10.9. The first kappa shape index (κ1) is 15.4. The molecule has 1 saturated heterocycles. The van der Waals surface area contributed by atoms with Gasteiger partial charge in [0.2, 0.25) is 5.91 Å². The Morgan fingerprint density at radius 1 is 1.38 bits per heavy atom. The van der Waals surface area contributed by atoms with Gasteiger partial charge in [-0.15, -0.1) is 0 Å². The summed E-state index contributed by atoms with van der Waals surface area (Å²) in [5.74, 6) is -0.173. The molecular weight excluding hydrogens is 206 g/mol. The summed E-state index contributed by atoms with van der Waals surface area (Å²) in [6.07, 6.45) is 2.28. The summed E-state index contributed by atoms with van der Waals surface area (Å²) in [6, 6.07) is 0. The quantitative estimate of drug-likeness (QED) is 0.799. The van der Waals surface area contributed by atoms with Crippen LogP contribution in [0.15, 0.2) is 0 Å². The summed E-state index contributed by atoms with van der Waals surface area (Å²) in [5.41, 5.74) is 0. The van der Waals surface area contributed by atoms with Crippen molar-refractivity contribution in [2.24, 2.45) is 0 Å². The Kier molecular flexibility index (Phi) is 8.21. The van der Waals surface area contributed by atoms with Crippen LogP contribution in [0, 0.1) is 0 Å². The zero-order chi connectivity index (χ0) is 12.6. The summed E-state index contributed by atoms with van der Waals surface area (Å²) >= 11 is 0. The van der Waals surface area contributed by atoms with Crippen LogP contribution in [0.4, 0.5) is 0 Å². The molecule has 96 valence electrons. The minimum Gasteiger partial charge on any atom is -0.387 e. The Balaban J connectivity index is 0.00000106. The highest BCUT2D eigenvalue weighted by Gasteiger charge is 2.22. The van der Waals surface area contributed by atoms with Crippen molar-refractivity contribution in [2.75, 3.05) is 19.7 Å². The van der Waals surface area contributed by atoms with Gasteiger partial charge in [0.25, 0.3) is 0 Å². The van der Waals surface area contributed by atoms with Crippen LogP contribution >= 0.6 is 0 Å². The van der Waals surface area contributed by atoms with E-state index in [9.17, 15) is 4.79 Å². The molecule has 1 aliphatic rings. The molecule has 0 radical (unpaired) electrons. The average molecular weight is 231 g/mol. The molecule has 4 heteroatoms. The lowest BCUT2D eigenvalue weighted by molar-refractivity contribution is -0.137. The van der Waals surface area contributed by atoms with E-state index in [4.69, 9.17) is 9.84 Å². The first-order valence-corrected chi connectivity index (χ1v) is 6.17. The Hall–Kier alpha value is -0.610. The molecule has 0 atom stereocenters. The Morgan fingerprint density at radius 3 is 2.25 bits per heavy atom. The topological polar surface area (TPSA) is 49.8 Å². The Morgan fingerprint density at radius 2 is 1.88 bits per heavy atom. The second-order valence-corrected chi connectivity index (χ2v) is 3.92. The third-order valence-electron chi connectivity index (χ3n) is 2.39. The molecule has 0 bridgehead atoms. The van der Waals surface area contributed by atoms with Crippen molar-refractivity contribution < 1.29 is 14.6 Å². The molecule has 0 aromatic heterocycles. The second-order valence-electron chi connectivity index (χ2n) is 3.92. The number of ether oxygens (including phenoxy) is 1. The van der Waals surface area contributed by atoms with Gasteiger partial charge < -0.3 is 14.7 Å². The number of carbonyl (C=O) groups excluding carboxylic acids is 1. The van der Waals surface area contributed by atoms with E-state index in [2.05, 4.69) is 0 Å². The van der Waals surface area contributed by atoms with E-state index < -0.39 is 0 Å². The monoisotopic (exact) mass is 231 g/mol. The molecule has 0 aromatic carbocycles. The predicted octanol–water partition coefficient (Wildman–Crippen LogP) is 1.42. The van der Waals surface area contributed by atoms with Gasteiger partial charge >= 0.3 is 0 Å². The van der Waals surface area contributed by atoms with Crippen molar-refractivity contribution in [1.29, 1.82) is 0 Å². The van der Waals surface area contributed by atoms with Crippen molar-refractivity contribution in [2.45, 2.75) is 52.7 Å². The molecular formula is C12H25NO3. The summed E-state index contributed by atoms with van der Waals surface area (Å²) in [6.45, 7) is 9.07. The molecule has 0 unspecified atom stereocenters. The highest BCUT2D eigenvalue weighted by atomic mass is 16.5. The molecule has 1 N–H and O–H groups in total. The highest BCUT2D eigenvalue weighted by molar-refractivity contribution is 5.77. The van der Waals surface area contributed by atoms with Crippen LogP contribution < -0.4 is 0 Å². The Labute approximate surface area is 98.6 Å². The maximum absolute atomic E-state index is 11.1. The van der Waals surface area contributed by atoms with Gasteiger partial charge in [-0.05, 0) is 26.7 Å². The lowest BCUT2D eigenvalue weighted by atomic mass is 10.1. The van der Waals surface area contributed by atoms with Gasteiger partial charge in [-0.3, -0.25) is 4.79 Å². The van der Waals surface area contributed by atoms with E-state index >= 15 is 0 Å². The number of likely N-dealkylation sites (tertiary alicyclic amines) is 1. The number of rotatable bonds is 3. The second kappa shape index (κ2) is 8.53. The number of hydrogen-bond donors (Lipinski definition) is 1. The molecule has 1 heterocycles. The molecule has 4 nitrogen and oxygen atoms in total. The third kappa shape index (κ3) is 5.47. The number of amides is 1. The maximum Gasteiger partial charge on any atom is 0.248 e. The largest absolute Gasteiger partial charge is 0.387 e. The van der Waals surface area contributed by atoms with Gasteiger partial charge in [-0.1, -0.05) is 13.8 Å². The molecule has 1 amide bonds. The Bertz CT molecular complexity index is 187. The fraction of sp³-hybridized carbons (Fsp3) is 0.917. The molecule has 0 saturated carbocycles. The van der Waals surface area contributed by atoms with Gasteiger partial charge in [0.05, 0.1) is 12.2 Å². The zero-order valence-corrected chi connectivity index (χ0v) is 10.9. The minimum atomic E-state index is -0.379. The molecule has 0 aromatic rings. The SMILES string of the molecule is CC.CC(C)OC1CCN(C(=O)CO)CC1. The first-order chi connectivity index (χ1) is 7.63. The highest BCUT2D eigenvalue weighted by Crippen LogP contribution is 2.15. The van der Waals surface area contributed by atoms with Crippen LogP contribution in [0.2, 0.25) is 0 Å². The van der Waals surface area contributed by atoms with Crippen LogP contribution in [0.5, 0.6) is 0 Å². The number of carbonyl (C=O) groups is 1. The van der Waals surface area contributed by atoms with Gasteiger partial charge in [-0.25, -0.2) is 0 Å². The molecule has 1 aliphatic heterocycles.